The Morgan fingerprint density at radius 3 is 2.60 bits per heavy atom. The van der Waals surface area contributed by atoms with Gasteiger partial charge in [0.05, 0.1) is 18.0 Å². The van der Waals surface area contributed by atoms with Crippen LogP contribution in [0.15, 0.2) is 30.3 Å². The van der Waals surface area contributed by atoms with Gasteiger partial charge in [-0.1, -0.05) is 30.3 Å². The number of carbonyl (C=O) groups excluding carboxylic acids is 1. The summed E-state index contributed by atoms with van der Waals surface area (Å²) in [6.07, 6.45) is 0. The fourth-order valence-corrected chi connectivity index (χ4v) is 3.84. The number of aryl methyl sites for hydroxylation is 3. The van der Waals surface area contributed by atoms with Crippen LogP contribution in [0.25, 0.3) is 10.2 Å². The van der Waals surface area contributed by atoms with E-state index in [2.05, 4.69) is 34.4 Å². The number of anilines is 1. The molecule has 0 spiro atoms. The molecule has 0 aliphatic heterocycles. The molecule has 0 aliphatic carbocycles. The van der Waals surface area contributed by atoms with E-state index in [-0.39, 0.29) is 18.5 Å². The third-order valence-corrected chi connectivity index (χ3v) is 5.34. The molecule has 1 aromatic carbocycles. The number of hydrogen-bond acceptors (Lipinski definition) is 5. The predicted octanol–water partition coefficient (Wildman–Crippen LogP) is 3.91. The maximum atomic E-state index is 12.3. The fourth-order valence-electron chi connectivity index (χ4n) is 2.77. The summed E-state index contributed by atoms with van der Waals surface area (Å²) >= 11 is 1.66. The number of hydrogen-bond donors (Lipinski definition) is 2. The zero-order chi connectivity index (χ0) is 18.0. The lowest BCUT2D eigenvalue weighted by atomic mass is 10.1. The van der Waals surface area contributed by atoms with Crippen LogP contribution in [0.2, 0.25) is 0 Å². The molecule has 2 heterocycles. The van der Waals surface area contributed by atoms with Crippen LogP contribution in [0, 0.1) is 20.8 Å². The molecule has 2 N–H and O–H groups in total. The summed E-state index contributed by atoms with van der Waals surface area (Å²) in [6.45, 7) is 8.17. The molecule has 25 heavy (non-hydrogen) atoms. The summed E-state index contributed by atoms with van der Waals surface area (Å²) in [5.74, 6) is 1.37. The van der Waals surface area contributed by atoms with Gasteiger partial charge >= 0.3 is 0 Å². The molecule has 130 valence electrons. The Labute approximate surface area is 151 Å². The van der Waals surface area contributed by atoms with Gasteiger partial charge in [-0.15, -0.1) is 11.3 Å². The number of rotatable bonds is 5. The SMILES string of the molecule is Cc1nc(NCC(=O)NC(C)c2ccccc2)c2c(C)c(C)sc2n1. The van der Waals surface area contributed by atoms with Crippen molar-refractivity contribution in [1.82, 2.24) is 15.3 Å². The molecule has 0 radical (unpaired) electrons. The predicted molar refractivity (Wildman–Crippen MR) is 103 cm³/mol. The van der Waals surface area contributed by atoms with E-state index >= 15 is 0 Å². The first kappa shape index (κ1) is 17.4. The lowest BCUT2D eigenvalue weighted by Crippen LogP contribution is -2.32. The summed E-state index contributed by atoms with van der Waals surface area (Å²) in [5, 5.41) is 7.20. The molecule has 5 nitrogen and oxygen atoms in total. The largest absolute Gasteiger partial charge is 0.360 e. The first-order valence-corrected chi connectivity index (χ1v) is 9.10. The van der Waals surface area contributed by atoms with E-state index in [4.69, 9.17) is 0 Å². The van der Waals surface area contributed by atoms with E-state index in [1.165, 1.54) is 10.4 Å². The monoisotopic (exact) mass is 354 g/mol. The zero-order valence-corrected chi connectivity index (χ0v) is 15.7. The van der Waals surface area contributed by atoms with Gasteiger partial charge in [0.2, 0.25) is 5.91 Å². The van der Waals surface area contributed by atoms with Crippen LogP contribution >= 0.6 is 11.3 Å². The van der Waals surface area contributed by atoms with Crippen LogP contribution in [0.3, 0.4) is 0 Å². The van der Waals surface area contributed by atoms with Gasteiger partial charge in [-0.3, -0.25) is 4.79 Å². The maximum absolute atomic E-state index is 12.3. The van der Waals surface area contributed by atoms with Crippen LogP contribution in [0.5, 0.6) is 0 Å². The van der Waals surface area contributed by atoms with Gasteiger partial charge in [-0.25, -0.2) is 9.97 Å². The molecule has 1 unspecified atom stereocenters. The second-order valence-corrected chi connectivity index (χ2v) is 7.34. The van der Waals surface area contributed by atoms with Gasteiger partial charge < -0.3 is 10.6 Å². The molecule has 3 rings (SSSR count). The smallest absolute Gasteiger partial charge is 0.239 e. The van der Waals surface area contributed by atoms with Crippen molar-refractivity contribution in [3.05, 3.63) is 52.2 Å². The molecule has 0 bridgehead atoms. The van der Waals surface area contributed by atoms with Crippen LogP contribution in [0.1, 0.15) is 34.8 Å². The Morgan fingerprint density at radius 2 is 1.88 bits per heavy atom. The van der Waals surface area contributed by atoms with Crippen molar-refractivity contribution in [3.8, 4) is 0 Å². The molecule has 0 fully saturated rings. The van der Waals surface area contributed by atoms with E-state index in [0.29, 0.717) is 5.82 Å². The van der Waals surface area contributed by atoms with Gasteiger partial charge in [-0.05, 0) is 38.8 Å². The van der Waals surface area contributed by atoms with E-state index in [9.17, 15) is 4.79 Å². The first-order chi connectivity index (χ1) is 12.0. The molecule has 6 heteroatoms. The highest BCUT2D eigenvalue weighted by molar-refractivity contribution is 7.18. The van der Waals surface area contributed by atoms with Gasteiger partial charge in [0.25, 0.3) is 0 Å². The lowest BCUT2D eigenvalue weighted by Gasteiger charge is -2.15. The van der Waals surface area contributed by atoms with E-state index in [1.807, 2.05) is 44.2 Å². The van der Waals surface area contributed by atoms with Crippen molar-refractivity contribution in [3.63, 3.8) is 0 Å². The van der Waals surface area contributed by atoms with Crippen molar-refractivity contribution in [2.45, 2.75) is 33.7 Å². The van der Waals surface area contributed by atoms with Crippen LogP contribution in [-0.2, 0) is 4.79 Å². The molecule has 1 atom stereocenters. The van der Waals surface area contributed by atoms with Gasteiger partial charge in [0.1, 0.15) is 16.5 Å². The molecule has 0 saturated heterocycles. The highest BCUT2D eigenvalue weighted by Crippen LogP contribution is 2.33. The summed E-state index contributed by atoms with van der Waals surface area (Å²) in [5.41, 5.74) is 2.25. The van der Waals surface area contributed by atoms with Crippen molar-refractivity contribution in [2.24, 2.45) is 0 Å². The first-order valence-electron chi connectivity index (χ1n) is 8.28. The third kappa shape index (κ3) is 3.79. The van der Waals surface area contributed by atoms with Gasteiger partial charge in [-0.2, -0.15) is 0 Å². The van der Waals surface area contributed by atoms with Crippen molar-refractivity contribution in [1.29, 1.82) is 0 Å². The minimum atomic E-state index is -0.0645. The highest BCUT2D eigenvalue weighted by atomic mass is 32.1. The maximum Gasteiger partial charge on any atom is 0.239 e. The number of nitrogens with one attached hydrogen (secondary N) is 2. The molecular weight excluding hydrogens is 332 g/mol. The zero-order valence-electron chi connectivity index (χ0n) is 14.9. The standard InChI is InChI=1S/C19H22N4OS/c1-11-13(3)25-19-17(11)18(22-14(4)23-19)20-10-16(24)21-12(2)15-8-6-5-7-9-15/h5-9,12H,10H2,1-4H3,(H,21,24)(H,20,22,23). The molecule has 3 aromatic rings. The number of fused-ring (bicyclic) bond motifs is 1. The number of amides is 1. The quantitative estimate of drug-likeness (QED) is 0.729. The molecule has 2 aromatic heterocycles. The summed E-state index contributed by atoms with van der Waals surface area (Å²) in [6, 6.07) is 9.89. The van der Waals surface area contributed by atoms with Gasteiger partial charge in [0.15, 0.2) is 0 Å². The molecule has 1 amide bonds. The fraction of sp³-hybridized carbons (Fsp3) is 0.316. The normalized spacial score (nSPS) is 12.2. The summed E-state index contributed by atoms with van der Waals surface area (Å²) in [7, 11) is 0. The van der Waals surface area contributed by atoms with E-state index in [1.54, 1.807) is 11.3 Å². The summed E-state index contributed by atoms with van der Waals surface area (Å²) in [4.78, 5) is 23.5. The van der Waals surface area contributed by atoms with E-state index < -0.39 is 0 Å². The number of carbonyl (C=O) groups is 1. The third-order valence-electron chi connectivity index (χ3n) is 4.23. The number of aromatic nitrogens is 2. The van der Waals surface area contributed by atoms with Gasteiger partial charge in [0, 0.05) is 4.88 Å². The van der Waals surface area contributed by atoms with Crippen molar-refractivity contribution >= 4 is 33.3 Å². The van der Waals surface area contributed by atoms with Crippen LogP contribution in [-0.4, -0.2) is 22.4 Å². The minimum Gasteiger partial charge on any atom is -0.360 e. The lowest BCUT2D eigenvalue weighted by molar-refractivity contribution is -0.120. The Morgan fingerprint density at radius 1 is 1.16 bits per heavy atom. The van der Waals surface area contributed by atoms with Crippen LogP contribution in [0.4, 0.5) is 5.82 Å². The number of nitrogens with zero attached hydrogens (tertiary/aromatic N) is 2. The highest BCUT2D eigenvalue weighted by Gasteiger charge is 2.15. The molecule has 0 saturated carbocycles. The number of thiophene rings is 1. The van der Waals surface area contributed by atoms with E-state index in [0.717, 1.165) is 21.6 Å². The number of benzene rings is 1. The van der Waals surface area contributed by atoms with Crippen molar-refractivity contribution in [2.75, 3.05) is 11.9 Å². The topological polar surface area (TPSA) is 66.9 Å². The Kier molecular flexibility index (Phi) is 4.99. The van der Waals surface area contributed by atoms with Crippen LogP contribution < -0.4 is 10.6 Å². The second-order valence-electron chi connectivity index (χ2n) is 6.14. The molecular formula is C19H22N4OS. The summed E-state index contributed by atoms with van der Waals surface area (Å²) < 4.78 is 0. The minimum absolute atomic E-state index is 0.0345. The average molecular weight is 354 g/mol. The Balaban J connectivity index is 1.71. The Bertz CT molecular complexity index is 905. The molecule has 0 aliphatic rings. The average Bonchev–Trinajstić information content (AvgIpc) is 2.87. The Hall–Kier alpha value is -2.47. The second kappa shape index (κ2) is 7.19. The van der Waals surface area contributed by atoms with Crippen molar-refractivity contribution < 1.29 is 4.79 Å².